The van der Waals surface area contributed by atoms with Crippen LogP contribution in [0.2, 0.25) is 0 Å². The van der Waals surface area contributed by atoms with Crippen LogP contribution in [0, 0.1) is 0 Å². The highest BCUT2D eigenvalue weighted by molar-refractivity contribution is 5.44. The molecule has 0 unspecified atom stereocenters. The summed E-state index contributed by atoms with van der Waals surface area (Å²) < 4.78 is 19.9. The zero-order valence-corrected chi connectivity index (χ0v) is 8.73. The fraction of sp³-hybridized carbons (Fsp3) is 0.400. The Morgan fingerprint density at radius 2 is 1.60 bits per heavy atom. The lowest BCUT2D eigenvalue weighted by molar-refractivity contribution is 0.0321. The van der Waals surface area contributed by atoms with Crippen LogP contribution in [0.25, 0.3) is 0 Å². The molecule has 1 N–H and O–H groups in total. The van der Waals surface area contributed by atoms with Gasteiger partial charge >= 0.3 is 0 Å². The van der Waals surface area contributed by atoms with Crippen molar-refractivity contribution < 1.29 is 24.1 Å². The number of hydrogen-bond acceptors (Lipinski definition) is 5. The molecule has 15 heavy (non-hydrogen) atoms. The molecule has 0 aliphatic carbocycles. The molecule has 0 saturated carbocycles. The number of phenols is 1. The van der Waals surface area contributed by atoms with Crippen molar-refractivity contribution in [3.05, 3.63) is 18.2 Å². The van der Waals surface area contributed by atoms with E-state index in [2.05, 4.69) is 0 Å². The van der Waals surface area contributed by atoms with E-state index in [0.29, 0.717) is 11.5 Å². The Balaban J connectivity index is 2.73. The molecule has 0 aliphatic rings. The third kappa shape index (κ3) is 3.65. The first-order chi connectivity index (χ1) is 7.27. The fourth-order valence-corrected chi connectivity index (χ4v) is 0.974. The fourth-order valence-electron chi connectivity index (χ4n) is 0.974. The van der Waals surface area contributed by atoms with Crippen LogP contribution < -0.4 is 9.47 Å². The average Bonchev–Trinajstić information content (AvgIpc) is 2.25. The Morgan fingerprint density at radius 3 is 2.20 bits per heavy atom. The predicted molar refractivity (Wildman–Crippen MR) is 53.1 cm³/mol. The van der Waals surface area contributed by atoms with Crippen LogP contribution in [-0.2, 0) is 9.47 Å². The van der Waals surface area contributed by atoms with Crippen LogP contribution in [0.5, 0.6) is 17.2 Å². The van der Waals surface area contributed by atoms with Gasteiger partial charge in [0.1, 0.15) is 5.75 Å². The second kappa shape index (κ2) is 6.10. The number of ether oxygens (including phenoxy) is 4. The van der Waals surface area contributed by atoms with E-state index in [9.17, 15) is 5.11 Å². The number of phenolic OH excluding ortho intramolecular Hbond substituents is 1. The maximum atomic E-state index is 9.25. The Hall–Kier alpha value is -1.46. The van der Waals surface area contributed by atoms with E-state index >= 15 is 0 Å². The summed E-state index contributed by atoms with van der Waals surface area (Å²) in [6.07, 6.45) is 0. The van der Waals surface area contributed by atoms with Gasteiger partial charge in [-0.05, 0) is 12.1 Å². The number of hydrogen-bond donors (Lipinski definition) is 1. The predicted octanol–water partition coefficient (Wildman–Crippen LogP) is 1.36. The highest BCUT2D eigenvalue weighted by atomic mass is 16.7. The van der Waals surface area contributed by atoms with Crippen LogP contribution >= 0.6 is 0 Å². The van der Waals surface area contributed by atoms with Gasteiger partial charge in [0.25, 0.3) is 0 Å². The van der Waals surface area contributed by atoms with Crippen LogP contribution in [0.4, 0.5) is 0 Å². The Morgan fingerprint density at radius 1 is 1.00 bits per heavy atom. The smallest absolute Gasteiger partial charge is 0.188 e. The molecule has 0 aliphatic heterocycles. The molecule has 5 heteroatoms. The second-order valence-corrected chi connectivity index (χ2v) is 2.73. The Bertz CT molecular complexity index is 300. The van der Waals surface area contributed by atoms with Gasteiger partial charge in [-0.2, -0.15) is 0 Å². The molecule has 0 radical (unpaired) electrons. The third-order valence-corrected chi connectivity index (χ3v) is 1.59. The first-order valence-electron chi connectivity index (χ1n) is 4.34. The van der Waals surface area contributed by atoms with Crippen LogP contribution in [0.3, 0.4) is 0 Å². The molecule has 0 atom stereocenters. The maximum Gasteiger partial charge on any atom is 0.188 e. The Kier molecular flexibility index (Phi) is 4.73. The minimum atomic E-state index is 0.0901. The SMILES string of the molecule is COCOc1ccc(O)cc1OCOC. The molecule has 0 fully saturated rings. The number of benzene rings is 1. The zero-order valence-electron chi connectivity index (χ0n) is 8.73. The molecule has 0 bridgehead atoms. The zero-order chi connectivity index (χ0) is 11.1. The van der Waals surface area contributed by atoms with Gasteiger partial charge in [0.15, 0.2) is 25.1 Å². The lowest BCUT2D eigenvalue weighted by Crippen LogP contribution is -2.04. The standard InChI is InChI=1S/C10H14O5/c1-12-6-14-9-4-3-8(11)5-10(9)15-7-13-2/h3-5,11H,6-7H2,1-2H3. The molecule has 1 aromatic carbocycles. The van der Waals surface area contributed by atoms with Crippen molar-refractivity contribution in [3.63, 3.8) is 0 Å². The molecule has 5 nitrogen and oxygen atoms in total. The van der Waals surface area contributed by atoms with Crippen LogP contribution in [-0.4, -0.2) is 32.9 Å². The second-order valence-electron chi connectivity index (χ2n) is 2.73. The lowest BCUT2D eigenvalue weighted by Gasteiger charge is -2.11. The monoisotopic (exact) mass is 214 g/mol. The third-order valence-electron chi connectivity index (χ3n) is 1.59. The van der Waals surface area contributed by atoms with Gasteiger partial charge in [-0.1, -0.05) is 0 Å². The van der Waals surface area contributed by atoms with Crippen molar-refractivity contribution in [2.24, 2.45) is 0 Å². The molecule has 1 rings (SSSR count). The van der Waals surface area contributed by atoms with E-state index in [1.807, 2.05) is 0 Å². The lowest BCUT2D eigenvalue weighted by atomic mass is 10.3. The van der Waals surface area contributed by atoms with E-state index in [1.165, 1.54) is 26.4 Å². The maximum absolute atomic E-state index is 9.25. The summed E-state index contributed by atoms with van der Waals surface area (Å²) in [6, 6.07) is 4.55. The van der Waals surface area contributed by atoms with Gasteiger partial charge in [-0.3, -0.25) is 0 Å². The summed E-state index contributed by atoms with van der Waals surface area (Å²) >= 11 is 0. The van der Waals surface area contributed by atoms with E-state index in [1.54, 1.807) is 6.07 Å². The quantitative estimate of drug-likeness (QED) is 0.724. The van der Waals surface area contributed by atoms with E-state index < -0.39 is 0 Å². The number of rotatable bonds is 6. The highest BCUT2D eigenvalue weighted by Crippen LogP contribution is 2.30. The topological polar surface area (TPSA) is 57.2 Å². The van der Waals surface area contributed by atoms with Gasteiger partial charge in [0, 0.05) is 20.3 Å². The van der Waals surface area contributed by atoms with E-state index in [4.69, 9.17) is 18.9 Å². The van der Waals surface area contributed by atoms with Gasteiger partial charge in [-0.15, -0.1) is 0 Å². The van der Waals surface area contributed by atoms with E-state index in [-0.39, 0.29) is 19.3 Å². The summed E-state index contributed by atoms with van der Waals surface area (Å²) in [5.74, 6) is 1.01. The minimum Gasteiger partial charge on any atom is -0.508 e. The van der Waals surface area contributed by atoms with Crippen molar-refractivity contribution >= 4 is 0 Å². The molecule has 0 amide bonds. The summed E-state index contributed by atoms with van der Waals surface area (Å²) in [7, 11) is 3.04. The van der Waals surface area contributed by atoms with Gasteiger partial charge in [0.05, 0.1) is 0 Å². The number of aromatic hydroxyl groups is 1. The summed E-state index contributed by atoms with van der Waals surface area (Å²) in [5, 5.41) is 9.25. The molecular weight excluding hydrogens is 200 g/mol. The molecular formula is C10H14O5. The summed E-state index contributed by atoms with van der Waals surface area (Å²) in [4.78, 5) is 0. The first-order valence-corrected chi connectivity index (χ1v) is 4.34. The average molecular weight is 214 g/mol. The number of methoxy groups -OCH3 is 2. The molecule has 0 saturated heterocycles. The summed E-state index contributed by atoms with van der Waals surface area (Å²) in [5.41, 5.74) is 0. The molecule has 1 aromatic rings. The van der Waals surface area contributed by atoms with Crippen molar-refractivity contribution in [1.29, 1.82) is 0 Å². The van der Waals surface area contributed by atoms with Gasteiger partial charge in [0.2, 0.25) is 0 Å². The van der Waals surface area contributed by atoms with Crippen LogP contribution in [0.1, 0.15) is 0 Å². The van der Waals surface area contributed by atoms with E-state index in [0.717, 1.165) is 0 Å². The molecule has 84 valence electrons. The first kappa shape index (κ1) is 11.6. The normalized spacial score (nSPS) is 10.0. The largest absolute Gasteiger partial charge is 0.508 e. The van der Waals surface area contributed by atoms with Crippen molar-refractivity contribution in [2.75, 3.05) is 27.8 Å². The van der Waals surface area contributed by atoms with Gasteiger partial charge in [-0.25, -0.2) is 0 Å². The molecule has 0 heterocycles. The minimum absolute atomic E-state index is 0.0901. The summed E-state index contributed by atoms with van der Waals surface area (Å²) in [6.45, 7) is 0.209. The highest BCUT2D eigenvalue weighted by Gasteiger charge is 2.06. The molecule has 0 spiro atoms. The Labute approximate surface area is 88.1 Å². The molecule has 0 aromatic heterocycles. The van der Waals surface area contributed by atoms with Crippen molar-refractivity contribution in [3.8, 4) is 17.2 Å². The van der Waals surface area contributed by atoms with Gasteiger partial charge < -0.3 is 24.1 Å². The van der Waals surface area contributed by atoms with Crippen molar-refractivity contribution in [1.82, 2.24) is 0 Å². The van der Waals surface area contributed by atoms with Crippen molar-refractivity contribution in [2.45, 2.75) is 0 Å². The van der Waals surface area contributed by atoms with Crippen LogP contribution in [0.15, 0.2) is 18.2 Å².